The lowest BCUT2D eigenvalue weighted by atomic mass is 10.1. The second-order valence-electron chi connectivity index (χ2n) is 5.90. The summed E-state index contributed by atoms with van der Waals surface area (Å²) in [5, 5.41) is 4.18. The van der Waals surface area contributed by atoms with Gasteiger partial charge in [-0.1, -0.05) is 6.42 Å². The van der Waals surface area contributed by atoms with Crippen LogP contribution in [0.5, 0.6) is 0 Å². The highest BCUT2D eigenvalue weighted by atomic mass is 16.2. The van der Waals surface area contributed by atoms with Gasteiger partial charge < -0.3 is 10.6 Å². The number of carbonyl (C=O) groups is 1. The van der Waals surface area contributed by atoms with Gasteiger partial charge in [0.1, 0.15) is 0 Å². The van der Waals surface area contributed by atoms with Gasteiger partial charge in [0.2, 0.25) is 0 Å². The summed E-state index contributed by atoms with van der Waals surface area (Å²) in [5.41, 5.74) is 6.71. The molecule has 2 fully saturated rings. The van der Waals surface area contributed by atoms with Crippen molar-refractivity contribution in [3.8, 4) is 0 Å². The van der Waals surface area contributed by atoms with E-state index in [-0.39, 0.29) is 5.91 Å². The molecule has 0 radical (unpaired) electrons. The van der Waals surface area contributed by atoms with Gasteiger partial charge in [-0.15, -0.1) is 0 Å². The molecule has 1 aromatic heterocycles. The van der Waals surface area contributed by atoms with E-state index < -0.39 is 0 Å². The van der Waals surface area contributed by atoms with Gasteiger partial charge in [0.05, 0.1) is 5.69 Å². The van der Waals surface area contributed by atoms with Crippen molar-refractivity contribution in [3.63, 3.8) is 0 Å². The van der Waals surface area contributed by atoms with Crippen molar-refractivity contribution in [2.45, 2.75) is 31.7 Å². The minimum absolute atomic E-state index is 0.0254. The van der Waals surface area contributed by atoms with Crippen molar-refractivity contribution in [2.75, 3.05) is 31.9 Å². The van der Waals surface area contributed by atoms with Gasteiger partial charge >= 0.3 is 0 Å². The molecule has 1 atom stereocenters. The molecule has 110 valence electrons. The van der Waals surface area contributed by atoms with E-state index in [0.717, 1.165) is 19.5 Å². The standard InChI is InChI=1S/C14H23N5O/c1-17-10-12(15)13(16-17)14(20)19-8-5-11(9-19)18-6-3-2-4-7-18/h10-11H,2-9,15H2,1H3. The lowest BCUT2D eigenvalue weighted by molar-refractivity contribution is 0.0766. The Morgan fingerprint density at radius 3 is 2.70 bits per heavy atom. The minimum Gasteiger partial charge on any atom is -0.396 e. The molecule has 2 saturated heterocycles. The summed E-state index contributed by atoms with van der Waals surface area (Å²) in [5.74, 6) is -0.0254. The average Bonchev–Trinajstić information content (AvgIpc) is 3.06. The number of anilines is 1. The Morgan fingerprint density at radius 2 is 2.05 bits per heavy atom. The predicted octanol–water partition coefficient (Wildman–Crippen LogP) is 0.703. The van der Waals surface area contributed by atoms with Crippen molar-refractivity contribution in [1.82, 2.24) is 19.6 Å². The number of piperidine rings is 1. The first kappa shape index (κ1) is 13.4. The fourth-order valence-corrected chi connectivity index (χ4v) is 3.33. The Bertz CT molecular complexity index is 492. The number of nitrogen functional groups attached to an aromatic ring is 1. The van der Waals surface area contributed by atoms with Crippen LogP contribution < -0.4 is 5.73 Å². The predicted molar refractivity (Wildman–Crippen MR) is 77.4 cm³/mol. The zero-order valence-corrected chi connectivity index (χ0v) is 12.1. The zero-order valence-electron chi connectivity index (χ0n) is 12.1. The number of aryl methyl sites for hydroxylation is 1. The Kier molecular flexibility index (Phi) is 3.65. The van der Waals surface area contributed by atoms with Crippen LogP contribution in [0.15, 0.2) is 6.20 Å². The van der Waals surface area contributed by atoms with E-state index in [4.69, 9.17) is 5.73 Å². The molecule has 0 aliphatic carbocycles. The van der Waals surface area contributed by atoms with Crippen LogP contribution in [0, 0.1) is 0 Å². The van der Waals surface area contributed by atoms with Gasteiger partial charge in [0.15, 0.2) is 5.69 Å². The number of amides is 1. The van der Waals surface area contributed by atoms with Crippen LogP contribution in [0.2, 0.25) is 0 Å². The monoisotopic (exact) mass is 277 g/mol. The molecule has 0 saturated carbocycles. The van der Waals surface area contributed by atoms with Crippen LogP contribution in [-0.4, -0.2) is 57.7 Å². The molecule has 20 heavy (non-hydrogen) atoms. The number of carbonyl (C=O) groups excluding carboxylic acids is 1. The van der Waals surface area contributed by atoms with Gasteiger partial charge in [0, 0.05) is 32.4 Å². The SMILES string of the molecule is Cn1cc(N)c(C(=O)N2CCC(N3CCCCC3)C2)n1. The second kappa shape index (κ2) is 5.44. The first-order chi connectivity index (χ1) is 9.65. The Labute approximate surface area is 119 Å². The summed E-state index contributed by atoms with van der Waals surface area (Å²) in [6.45, 7) is 3.99. The van der Waals surface area contributed by atoms with Gasteiger partial charge in [-0.3, -0.25) is 14.4 Å². The number of likely N-dealkylation sites (tertiary alicyclic amines) is 2. The van der Waals surface area contributed by atoms with E-state index in [1.54, 1.807) is 17.9 Å². The van der Waals surface area contributed by atoms with Gasteiger partial charge in [-0.25, -0.2) is 0 Å². The quantitative estimate of drug-likeness (QED) is 0.864. The molecule has 1 unspecified atom stereocenters. The third-order valence-electron chi connectivity index (χ3n) is 4.42. The smallest absolute Gasteiger partial charge is 0.276 e. The lowest BCUT2D eigenvalue weighted by Gasteiger charge is -2.32. The lowest BCUT2D eigenvalue weighted by Crippen LogP contribution is -2.41. The van der Waals surface area contributed by atoms with Crippen LogP contribution in [0.3, 0.4) is 0 Å². The average molecular weight is 277 g/mol. The summed E-state index contributed by atoms with van der Waals surface area (Å²) in [6, 6.07) is 0.518. The third-order valence-corrected chi connectivity index (χ3v) is 4.42. The molecule has 0 bridgehead atoms. The Balaban J connectivity index is 1.64. The zero-order chi connectivity index (χ0) is 14.1. The van der Waals surface area contributed by atoms with Crippen LogP contribution in [0.4, 0.5) is 5.69 Å². The van der Waals surface area contributed by atoms with Gasteiger partial charge in [-0.2, -0.15) is 5.10 Å². The summed E-state index contributed by atoms with van der Waals surface area (Å²) in [4.78, 5) is 16.9. The molecule has 2 N–H and O–H groups in total. The highest BCUT2D eigenvalue weighted by Gasteiger charge is 2.32. The molecule has 6 heteroatoms. The van der Waals surface area contributed by atoms with Gasteiger partial charge in [-0.05, 0) is 32.4 Å². The van der Waals surface area contributed by atoms with E-state index >= 15 is 0 Å². The molecule has 0 spiro atoms. The number of rotatable bonds is 2. The molecule has 0 aromatic carbocycles. The number of nitrogens with zero attached hydrogens (tertiary/aromatic N) is 4. The summed E-state index contributed by atoms with van der Waals surface area (Å²) in [7, 11) is 1.79. The Hall–Kier alpha value is -1.56. The number of hydrogen-bond donors (Lipinski definition) is 1. The fraction of sp³-hybridized carbons (Fsp3) is 0.714. The molecule has 1 aromatic rings. The number of hydrogen-bond acceptors (Lipinski definition) is 4. The molecule has 3 rings (SSSR count). The molecular weight excluding hydrogens is 254 g/mol. The first-order valence-electron chi connectivity index (χ1n) is 7.47. The maximum atomic E-state index is 12.5. The van der Waals surface area contributed by atoms with Crippen molar-refractivity contribution < 1.29 is 4.79 Å². The maximum absolute atomic E-state index is 12.5. The maximum Gasteiger partial charge on any atom is 0.276 e. The molecule has 3 heterocycles. The molecule has 1 amide bonds. The summed E-state index contributed by atoms with van der Waals surface area (Å²) >= 11 is 0. The molecular formula is C14H23N5O. The van der Waals surface area contributed by atoms with Gasteiger partial charge in [0.25, 0.3) is 5.91 Å². The van der Waals surface area contributed by atoms with E-state index in [1.807, 2.05) is 4.90 Å². The normalized spacial score (nSPS) is 24.2. The Morgan fingerprint density at radius 1 is 1.30 bits per heavy atom. The summed E-state index contributed by atoms with van der Waals surface area (Å²) in [6.07, 6.45) is 6.68. The van der Waals surface area contributed by atoms with Crippen molar-refractivity contribution in [3.05, 3.63) is 11.9 Å². The van der Waals surface area contributed by atoms with E-state index in [1.165, 1.54) is 32.4 Å². The number of nitrogens with two attached hydrogens (primary N) is 1. The largest absolute Gasteiger partial charge is 0.396 e. The van der Waals surface area contributed by atoms with E-state index in [0.29, 0.717) is 17.4 Å². The minimum atomic E-state index is -0.0254. The highest BCUT2D eigenvalue weighted by molar-refractivity contribution is 5.97. The van der Waals surface area contributed by atoms with Crippen molar-refractivity contribution >= 4 is 11.6 Å². The molecule has 6 nitrogen and oxygen atoms in total. The molecule has 2 aliphatic heterocycles. The van der Waals surface area contributed by atoms with Crippen molar-refractivity contribution in [1.29, 1.82) is 0 Å². The van der Waals surface area contributed by atoms with Crippen LogP contribution >= 0.6 is 0 Å². The second-order valence-corrected chi connectivity index (χ2v) is 5.90. The molecule has 2 aliphatic rings. The topological polar surface area (TPSA) is 67.4 Å². The van der Waals surface area contributed by atoms with Crippen LogP contribution in [0.25, 0.3) is 0 Å². The van der Waals surface area contributed by atoms with Crippen molar-refractivity contribution in [2.24, 2.45) is 7.05 Å². The third kappa shape index (κ3) is 2.52. The number of aromatic nitrogens is 2. The first-order valence-corrected chi connectivity index (χ1v) is 7.47. The summed E-state index contributed by atoms with van der Waals surface area (Å²) < 4.78 is 1.60. The van der Waals surface area contributed by atoms with E-state index in [9.17, 15) is 4.79 Å². The van der Waals surface area contributed by atoms with Crippen LogP contribution in [0.1, 0.15) is 36.2 Å². The van der Waals surface area contributed by atoms with Crippen LogP contribution in [-0.2, 0) is 7.05 Å². The fourth-order valence-electron chi connectivity index (χ4n) is 3.33. The highest BCUT2D eigenvalue weighted by Crippen LogP contribution is 2.22. The van der Waals surface area contributed by atoms with E-state index in [2.05, 4.69) is 10.00 Å².